The predicted molar refractivity (Wildman–Crippen MR) is 138 cm³/mol. The van der Waals surface area contributed by atoms with Gasteiger partial charge in [-0.3, -0.25) is 14.4 Å². The van der Waals surface area contributed by atoms with Gasteiger partial charge in [0.25, 0.3) is 5.91 Å². The second-order valence-electron chi connectivity index (χ2n) is 9.25. The van der Waals surface area contributed by atoms with E-state index in [1.165, 1.54) is 0 Å². The molecule has 1 aliphatic heterocycles. The number of nitrogens with one attached hydrogen (secondary N) is 2. The first-order chi connectivity index (χ1) is 17.5. The Bertz CT molecular complexity index is 1260. The number of ether oxygens (including phenoxy) is 1. The molecule has 3 aromatic carbocycles. The zero-order chi connectivity index (χ0) is 25.1. The second-order valence-corrected chi connectivity index (χ2v) is 9.25. The maximum absolute atomic E-state index is 13.7. The molecular weight excluding hydrogens is 454 g/mol. The van der Waals surface area contributed by atoms with E-state index in [1.807, 2.05) is 54.6 Å². The van der Waals surface area contributed by atoms with Crippen LogP contribution in [0.4, 0.5) is 11.4 Å². The van der Waals surface area contributed by atoms with Crippen molar-refractivity contribution in [3.63, 3.8) is 0 Å². The maximum atomic E-state index is 13.7. The summed E-state index contributed by atoms with van der Waals surface area (Å²) in [4.78, 5) is 41.4. The van der Waals surface area contributed by atoms with E-state index in [4.69, 9.17) is 4.74 Å². The smallest absolute Gasteiger partial charge is 0.253 e. The van der Waals surface area contributed by atoms with E-state index in [-0.39, 0.29) is 30.2 Å². The summed E-state index contributed by atoms with van der Waals surface area (Å²) in [5.74, 6) is -0.267. The average molecular weight is 484 g/mol. The fraction of sp³-hybridized carbons (Fsp3) is 0.276. The molecule has 3 amide bonds. The summed E-state index contributed by atoms with van der Waals surface area (Å²) >= 11 is 0. The van der Waals surface area contributed by atoms with Gasteiger partial charge in [-0.1, -0.05) is 42.5 Å². The molecule has 1 saturated heterocycles. The molecule has 2 fully saturated rings. The molecule has 36 heavy (non-hydrogen) atoms. The van der Waals surface area contributed by atoms with E-state index in [0.717, 1.165) is 18.4 Å². The highest BCUT2D eigenvalue weighted by atomic mass is 16.5. The molecule has 2 aliphatic rings. The number of methoxy groups -OCH3 is 1. The highest BCUT2D eigenvalue weighted by Crippen LogP contribution is 2.41. The molecule has 5 rings (SSSR count). The molecule has 0 radical (unpaired) electrons. The van der Waals surface area contributed by atoms with E-state index in [2.05, 4.69) is 10.6 Å². The molecule has 3 aromatic rings. The SMILES string of the molecule is COc1ccc(N2C(=O)CC[C@@H](C(=O)Nc3ccccc3C(=O)NC3CC3)[C@@H]2c2ccccc2)cc1. The quantitative estimate of drug-likeness (QED) is 0.510. The van der Waals surface area contributed by atoms with Crippen LogP contribution in [0.3, 0.4) is 0 Å². The molecule has 0 spiro atoms. The minimum absolute atomic E-state index is 0.0396. The highest BCUT2D eigenvalue weighted by molar-refractivity contribution is 6.05. The molecule has 1 aliphatic carbocycles. The Morgan fingerprint density at radius 3 is 2.28 bits per heavy atom. The third-order valence-corrected chi connectivity index (χ3v) is 6.77. The molecule has 7 heteroatoms. The van der Waals surface area contributed by atoms with Crippen molar-refractivity contribution in [1.29, 1.82) is 0 Å². The van der Waals surface area contributed by atoms with E-state index in [0.29, 0.717) is 29.1 Å². The number of hydrogen-bond acceptors (Lipinski definition) is 4. The van der Waals surface area contributed by atoms with Crippen LogP contribution in [0.15, 0.2) is 78.9 Å². The minimum atomic E-state index is -0.508. The van der Waals surface area contributed by atoms with Crippen molar-refractivity contribution in [2.24, 2.45) is 5.92 Å². The Labute approximate surface area is 210 Å². The van der Waals surface area contributed by atoms with Crippen LogP contribution in [0.1, 0.15) is 47.6 Å². The summed E-state index contributed by atoms with van der Waals surface area (Å²) in [5, 5.41) is 5.99. The van der Waals surface area contributed by atoms with Crippen molar-refractivity contribution in [1.82, 2.24) is 5.32 Å². The van der Waals surface area contributed by atoms with Gasteiger partial charge in [-0.2, -0.15) is 0 Å². The summed E-state index contributed by atoms with van der Waals surface area (Å²) < 4.78 is 5.28. The van der Waals surface area contributed by atoms with E-state index < -0.39 is 12.0 Å². The fourth-order valence-electron chi connectivity index (χ4n) is 4.75. The molecule has 1 heterocycles. The van der Waals surface area contributed by atoms with Crippen LogP contribution < -0.4 is 20.3 Å². The van der Waals surface area contributed by atoms with Gasteiger partial charge in [0.2, 0.25) is 11.8 Å². The van der Waals surface area contributed by atoms with Crippen molar-refractivity contribution in [3.05, 3.63) is 90.0 Å². The number of benzene rings is 3. The lowest BCUT2D eigenvalue weighted by Gasteiger charge is -2.41. The number of para-hydroxylation sites is 1. The molecule has 1 saturated carbocycles. The molecule has 184 valence electrons. The van der Waals surface area contributed by atoms with Gasteiger partial charge in [0, 0.05) is 18.2 Å². The Kier molecular flexibility index (Phi) is 6.71. The Morgan fingerprint density at radius 1 is 0.889 bits per heavy atom. The molecular formula is C29H29N3O4. The lowest BCUT2D eigenvalue weighted by atomic mass is 9.83. The zero-order valence-electron chi connectivity index (χ0n) is 20.1. The summed E-state index contributed by atoms with van der Waals surface area (Å²) in [7, 11) is 1.59. The standard InChI is InChI=1S/C29H29N3O4/c1-36-22-15-13-21(14-16-22)32-26(33)18-17-24(27(32)19-7-3-2-4-8-19)29(35)31-25-10-6-5-9-23(25)28(34)30-20-11-12-20/h2-10,13-16,20,24,27H,11-12,17-18H2,1H3,(H,30,34)(H,31,35)/t24-,27+/m1/s1. The predicted octanol–water partition coefficient (Wildman–Crippen LogP) is 4.71. The number of nitrogens with zero attached hydrogens (tertiary/aromatic N) is 1. The molecule has 2 atom stereocenters. The lowest BCUT2D eigenvalue weighted by Crippen LogP contribution is -2.47. The summed E-state index contributed by atoms with van der Waals surface area (Å²) in [5.41, 5.74) is 2.49. The Morgan fingerprint density at radius 2 is 1.58 bits per heavy atom. The van der Waals surface area contributed by atoms with Gasteiger partial charge >= 0.3 is 0 Å². The number of amides is 3. The van der Waals surface area contributed by atoms with Crippen LogP contribution >= 0.6 is 0 Å². The topological polar surface area (TPSA) is 87.7 Å². The fourth-order valence-corrected chi connectivity index (χ4v) is 4.75. The maximum Gasteiger partial charge on any atom is 0.253 e. The number of piperidine rings is 1. The molecule has 0 bridgehead atoms. The summed E-state index contributed by atoms with van der Waals surface area (Å²) in [6.07, 6.45) is 2.62. The van der Waals surface area contributed by atoms with Crippen molar-refractivity contribution in [3.8, 4) is 5.75 Å². The number of rotatable bonds is 7. The van der Waals surface area contributed by atoms with Gasteiger partial charge in [0.15, 0.2) is 0 Å². The van der Waals surface area contributed by atoms with Crippen molar-refractivity contribution < 1.29 is 19.1 Å². The highest BCUT2D eigenvalue weighted by Gasteiger charge is 2.41. The van der Waals surface area contributed by atoms with Crippen molar-refractivity contribution in [2.75, 3.05) is 17.3 Å². The molecule has 0 unspecified atom stereocenters. The number of anilines is 2. The normalized spacial score (nSPS) is 19.5. The monoisotopic (exact) mass is 483 g/mol. The first-order valence-corrected chi connectivity index (χ1v) is 12.3. The molecule has 0 aromatic heterocycles. The summed E-state index contributed by atoms with van der Waals surface area (Å²) in [6, 6.07) is 23.7. The van der Waals surface area contributed by atoms with Gasteiger partial charge in [0.1, 0.15) is 5.75 Å². The lowest BCUT2D eigenvalue weighted by molar-refractivity contribution is -0.125. The van der Waals surface area contributed by atoms with Gasteiger partial charge in [0.05, 0.1) is 30.3 Å². The third kappa shape index (κ3) is 4.96. The number of carbonyl (C=O) groups is 3. The van der Waals surface area contributed by atoms with Crippen LogP contribution in [-0.4, -0.2) is 30.9 Å². The van der Waals surface area contributed by atoms with Crippen LogP contribution in [0.25, 0.3) is 0 Å². The largest absolute Gasteiger partial charge is 0.497 e. The van der Waals surface area contributed by atoms with Crippen molar-refractivity contribution in [2.45, 2.75) is 37.8 Å². The summed E-state index contributed by atoms with van der Waals surface area (Å²) in [6.45, 7) is 0. The second kappa shape index (κ2) is 10.2. The first-order valence-electron chi connectivity index (χ1n) is 12.3. The first kappa shape index (κ1) is 23.6. The van der Waals surface area contributed by atoms with E-state index in [1.54, 1.807) is 36.3 Å². The third-order valence-electron chi connectivity index (χ3n) is 6.77. The average Bonchev–Trinajstić information content (AvgIpc) is 3.73. The Balaban J connectivity index is 1.47. The van der Waals surface area contributed by atoms with Gasteiger partial charge in [-0.15, -0.1) is 0 Å². The van der Waals surface area contributed by atoms with Gasteiger partial charge in [-0.25, -0.2) is 0 Å². The number of hydrogen-bond donors (Lipinski definition) is 2. The van der Waals surface area contributed by atoms with Crippen LogP contribution in [0, 0.1) is 5.92 Å². The van der Waals surface area contributed by atoms with Crippen molar-refractivity contribution >= 4 is 29.1 Å². The van der Waals surface area contributed by atoms with E-state index >= 15 is 0 Å². The van der Waals surface area contributed by atoms with Gasteiger partial charge < -0.3 is 20.3 Å². The minimum Gasteiger partial charge on any atom is -0.497 e. The van der Waals surface area contributed by atoms with Gasteiger partial charge in [-0.05, 0) is 61.2 Å². The Hall–Kier alpha value is -4.13. The van der Waals surface area contributed by atoms with Crippen LogP contribution in [-0.2, 0) is 9.59 Å². The van der Waals surface area contributed by atoms with Crippen LogP contribution in [0.2, 0.25) is 0 Å². The zero-order valence-corrected chi connectivity index (χ0v) is 20.1. The molecule has 2 N–H and O–H groups in total. The molecule has 7 nitrogen and oxygen atoms in total. The number of carbonyl (C=O) groups excluding carboxylic acids is 3. The van der Waals surface area contributed by atoms with Crippen LogP contribution in [0.5, 0.6) is 5.75 Å². The van der Waals surface area contributed by atoms with E-state index in [9.17, 15) is 14.4 Å².